The zero-order chi connectivity index (χ0) is 22.6. The van der Waals surface area contributed by atoms with Crippen LogP contribution in [0.1, 0.15) is 30.0 Å². The summed E-state index contributed by atoms with van der Waals surface area (Å²) in [4.78, 5) is 16.6. The van der Waals surface area contributed by atoms with Gasteiger partial charge in [-0.1, -0.05) is 12.1 Å². The standard InChI is InChI=1S/C26H23FN2O4/c27-21-14-17(3-8-22(21)33-20-2-1-11-28-16-20)4-10-25(30)29-26(18-5-6-18)19-7-9-23-24(15-19)32-13-12-31-23/h1-4,7-11,14-16,18,26H,5-6,12-13H2,(H,29,30)/b10-4+. The van der Waals surface area contributed by atoms with Gasteiger partial charge in [-0.2, -0.15) is 0 Å². The Hall–Kier alpha value is -3.87. The van der Waals surface area contributed by atoms with E-state index in [1.807, 2.05) is 18.2 Å². The van der Waals surface area contributed by atoms with Gasteiger partial charge in [0.15, 0.2) is 23.1 Å². The van der Waals surface area contributed by atoms with Crippen LogP contribution >= 0.6 is 0 Å². The van der Waals surface area contributed by atoms with Gasteiger partial charge >= 0.3 is 0 Å². The van der Waals surface area contributed by atoms with E-state index in [2.05, 4.69) is 10.3 Å². The molecule has 1 saturated carbocycles. The van der Waals surface area contributed by atoms with Gasteiger partial charge < -0.3 is 19.5 Å². The van der Waals surface area contributed by atoms with Gasteiger partial charge in [0, 0.05) is 12.3 Å². The Morgan fingerprint density at radius 1 is 1.12 bits per heavy atom. The van der Waals surface area contributed by atoms with E-state index in [1.165, 1.54) is 24.4 Å². The van der Waals surface area contributed by atoms with Crippen LogP contribution in [0.5, 0.6) is 23.0 Å². The molecule has 1 atom stereocenters. The van der Waals surface area contributed by atoms with Crippen LogP contribution < -0.4 is 19.5 Å². The number of rotatable bonds is 7. The topological polar surface area (TPSA) is 69.7 Å². The Bertz CT molecular complexity index is 1180. The quantitative estimate of drug-likeness (QED) is 0.514. The lowest BCUT2D eigenvalue weighted by atomic mass is 10.0. The minimum Gasteiger partial charge on any atom is -0.486 e. The van der Waals surface area contributed by atoms with Crippen molar-refractivity contribution in [3.8, 4) is 23.0 Å². The van der Waals surface area contributed by atoms with E-state index < -0.39 is 5.82 Å². The number of carbonyl (C=O) groups excluding carboxylic acids is 1. The van der Waals surface area contributed by atoms with Gasteiger partial charge in [-0.15, -0.1) is 0 Å². The Morgan fingerprint density at radius 3 is 2.73 bits per heavy atom. The molecule has 1 aliphatic carbocycles. The van der Waals surface area contributed by atoms with Crippen molar-refractivity contribution in [1.82, 2.24) is 10.3 Å². The molecule has 2 heterocycles. The number of aromatic nitrogens is 1. The molecule has 168 valence electrons. The van der Waals surface area contributed by atoms with Gasteiger partial charge in [0.1, 0.15) is 19.0 Å². The van der Waals surface area contributed by atoms with E-state index >= 15 is 0 Å². The summed E-state index contributed by atoms with van der Waals surface area (Å²) >= 11 is 0. The molecule has 5 rings (SSSR count). The lowest BCUT2D eigenvalue weighted by molar-refractivity contribution is -0.117. The molecule has 0 saturated heterocycles. The Kier molecular flexibility index (Phi) is 5.93. The minimum atomic E-state index is -0.520. The zero-order valence-electron chi connectivity index (χ0n) is 17.9. The van der Waals surface area contributed by atoms with Crippen LogP contribution in [0.3, 0.4) is 0 Å². The lowest BCUT2D eigenvalue weighted by Gasteiger charge is -2.22. The Morgan fingerprint density at radius 2 is 1.97 bits per heavy atom. The molecule has 1 aliphatic heterocycles. The molecule has 1 fully saturated rings. The fourth-order valence-corrected chi connectivity index (χ4v) is 3.77. The van der Waals surface area contributed by atoms with Gasteiger partial charge in [-0.05, 0) is 72.4 Å². The molecule has 2 aliphatic rings. The summed E-state index contributed by atoms with van der Waals surface area (Å²) < 4.78 is 31.2. The Balaban J connectivity index is 1.25. The van der Waals surface area contributed by atoms with Gasteiger partial charge in [-0.3, -0.25) is 9.78 Å². The van der Waals surface area contributed by atoms with Crippen LogP contribution in [-0.2, 0) is 4.79 Å². The third-order valence-corrected chi connectivity index (χ3v) is 5.56. The first-order valence-corrected chi connectivity index (χ1v) is 10.9. The molecule has 0 radical (unpaired) electrons. The molecule has 1 amide bonds. The van der Waals surface area contributed by atoms with Gasteiger partial charge in [-0.25, -0.2) is 4.39 Å². The molecule has 6 nitrogen and oxygen atoms in total. The monoisotopic (exact) mass is 446 g/mol. The number of nitrogens with zero attached hydrogens (tertiary/aromatic N) is 1. The van der Waals surface area contributed by atoms with E-state index in [0.717, 1.165) is 24.2 Å². The maximum atomic E-state index is 14.4. The summed E-state index contributed by atoms with van der Waals surface area (Å²) in [5, 5.41) is 3.08. The third-order valence-electron chi connectivity index (χ3n) is 5.56. The van der Waals surface area contributed by atoms with E-state index in [1.54, 1.807) is 30.5 Å². The average molecular weight is 446 g/mol. The highest BCUT2D eigenvalue weighted by atomic mass is 19.1. The fraction of sp³-hybridized carbons (Fsp3) is 0.231. The highest BCUT2D eigenvalue weighted by Gasteiger charge is 2.33. The molecule has 33 heavy (non-hydrogen) atoms. The predicted octanol–water partition coefficient (Wildman–Crippen LogP) is 5.06. The van der Waals surface area contributed by atoms with Crippen LogP contribution in [0, 0.1) is 11.7 Å². The van der Waals surface area contributed by atoms with Gasteiger partial charge in [0.2, 0.25) is 5.91 Å². The first-order valence-electron chi connectivity index (χ1n) is 10.9. The normalized spacial score (nSPS) is 15.8. The van der Waals surface area contributed by atoms with Crippen LogP contribution in [0.2, 0.25) is 0 Å². The number of fused-ring (bicyclic) bond motifs is 1. The predicted molar refractivity (Wildman–Crippen MR) is 121 cm³/mol. The first kappa shape index (κ1) is 21.0. The summed E-state index contributed by atoms with van der Waals surface area (Å²) in [5.41, 5.74) is 1.55. The number of nitrogens with one attached hydrogen (secondary N) is 1. The fourth-order valence-electron chi connectivity index (χ4n) is 3.77. The van der Waals surface area contributed by atoms with Crippen molar-refractivity contribution in [2.45, 2.75) is 18.9 Å². The van der Waals surface area contributed by atoms with E-state index in [0.29, 0.717) is 36.2 Å². The van der Waals surface area contributed by atoms with Crippen molar-refractivity contribution in [3.63, 3.8) is 0 Å². The highest BCUT2D eigenvalue weighted by molar-refractivity contribution is 5.92. The molecule has 2 aromatic carbocycles. The van der Waals surface area contributed by atoms with Crippen molar-refractivity contribution in [2.24, 2.45) is 5.92 Å². The number of halogens is 1. The molecular formula is C26H23FN2O4. The van der Waals surface area contributed by atoms with Crippen molar-refractivity contribution in [3.05, 3.63) is 83.9 Å². The number of hydrogen-bond donors (Lipinski definition) is 1. The average Bonchev–Trinajstić information content (AvgIpc) is 3.68. The molecule has 1 N–H and O–H groups in total. The smallest absolute Gasteiger partial charge is 0.244 e. The summed E-state index contributed by atoms with van der Waals surface area (Å²) in [6, 6.07) is 13.7. The zero-order valence-corrected chi connectivity index (χ0v) is 17.9. The highest BCUT2D eigenvalue weighted by Crippen LogP contribution is 2.43. The van der Waals surface area contributed by atoms with Gasteiger partial charge in [0.25, 0.3) is 0 Å². The van der Waals surface area contributed by atoms with Crippen LogP contribution in [0.4, 0.5) is 4.39 Å². The molecule has 0 bridgehead atoms. The lowest BCUT2D eigenvalue weighted by Crippen LogP contribution is -2.28. The third kappa shape index (κ3) is 5.14. The number of pyridine rings is 1. The number of ether oxygens (including phenoxy) is 3. The minimum absolute atomic E-state index is 0.0945. The van der Waals surface area contributed by atoms with E-state index in [-0.39, 0.29) is 17.7 Å². The maximum Gasteiger partial charge on any atom is 0.244 e. The molecular weight excluding hydrogens is 423 g/mol. The summed E-state index contributed by atoms with van der Waals surface area (Å²) in [7, 11) is 0. The number of benzene rings is 2. The van der Waals surface area contributed by atoms with Crippen LogP contribution in [0.15, 0.2) is 67.0 Å². The number of amides is 1. The second-order valence-corrected chi connectivity index (χ2v) is 8.04. The second kappa shape index (κ2) is 9.32. The number of carbonyl (C=O) groups is 1. The summed E-state index contributed by atoms with van der Waals surface area (Å²) in [5.74, 6) is 1.61. The largest absolute Gasteiger partial charge is 0.486 e. The summed E-state index contributed by atoms with van der Waals surface area (Å²) in [6.45, 7) is 1.05. The van der Waals surface area contributed by atoms with Crippen molar-refractivity contribution >= 4 is 12.0 Å². The molecule has 7 heteroatoms. The van der Waals surface area contributed by atoms with Crippen molar-refractivity contribution in [2.75, 3.05) is 13.2 Å². The van der Waals surface area contributed by atoms with Crippen LogP contribution in [-0.4, -0.2) is 24.1 Å². The molecule has 1 aromatic heterocycles. The van der Waals surface area contributed by atoms with Crippen molar-refractivity contribution < 1.29 is 23.4 Å². The summed E-state index contributed by atoms with van der Waals surface area (Å²) in [6.07, 6.45) is 8.25. The van der Waals surface area contributed by atoms with Gasteiger partial charge in [0.05, 0.1) is 12.2 Å². The van der Waals surface area contributed by atoms with E-state index in [9.17, 15) is 9.18 Å². The van der Waals surface area contributed by atoms with Crippen molar-refractivity contribution in [1.29, 1.82) is 0 Å². The molecule has 1 unspecified atom stereocenters. The number of hydrogen-bond acceptors (Lipinski definition) is 5. The van der Waals surface area contributed by atoms with E-state index in [4.69, 9.17) is 14.2 Å². The molecule has 0 spiro atoms. The Labute approximate surface area is 191 Å². The molecule has 3 aromatic rings. The SMILES string of the molecule is O=C(/C=C/c1ccc(Oc2cccnc2)c(F)c1)NC(c1ccc2c(c1)OCCO2)C1CC1. The maximum absolute atomic E-state index is 14.4. The first-order chi connectivity index (χ1) is 16.2. The van der Waals surface area contributed by atoms with Crippen LogP contribution in [0.25, 0.3) is 6.08 Å². The second-order valence-electron chi connectivity index (χ2n) is 8.04.